The first-order chi connectivity index (χ1) is 5.75. The van der Waals surface area contributed by atoms with Gasteiger partial charge in [-0.15, -0.1) is 0 Å². The molecule has 0 N–H and O–H groups in total. The zero-order valence-electron chi connectivity index (χ0n) is 7.13. The van der Waals surface area contributed by atoms with E-state index in [-0.39, 0.29) is 0 Å². The topological polar surface area (TPSA) is 3.24 Å². The molecule has 64 valence electrons. The first-order valence-corrected chi connectivity index (χ1v) is 4.57. The second-order valence-electron chi connectivity index (χ2n) is 3.47. The second-order valence-corrected chi connectivity index (χ2v) is 3.91. The van der Waals surface area contributed by atoms with Gasteiger partial charge in [0, 0.05) is 24.0 Å². The molecule has 1 aromatic carbocycles. The van der Waals surface area contributed by atoms with Gasteiger partial charge in [0.15, 0.2) is 0 Å². The molecule has 0 aliphatic carbocycles. The highest BCUT2D eigenvalue weighted by Gasteiger charge is 2.24. The molecule has 1 aromatic rings. The van der Waals surface area contributed by atoms with Gasteiger partial charge in [-0.05, 0) is 24.7 Å². The van der Waals surface area contributed by atoms with Crippen molar-refractivity contribution in [2.45, 2.75) is 5.92 Å². The lowest BCUT2D eigenvalue weighted by atomic mass is 9.92. The lowest BCUT2D eigenvalue weighted by Gasteiger charge is -2.36. The summed E-state index contributed by atoms with van der Waals surface area (Å²) in [5.41, 5.74) is 1.41. The van der Waals surface area contributed by atoms with Crippen LogP contribution in [0.4, 0.5) is 0 Å². The molecule has 0 bridgehead atoms. The average molecular weight is 182 g/mol. The van der Waals surface area contributed by atoms with E-state index >= 15 is 0 Å². The lowest BCUT2D eigenvalue weighted by Crippen LogP contribution is -2.41. The zero-order valence-corrected chi connectivity index (χ0v) is 7.88. The van der Waals surface area contributed by atoms with Crippen molar-refractivity contribution in [2.75, 3.05) is 20.1 Å². The third-order valence-corrected chi connectivity index (χ3v) is 2.66. The summed E-state index contributed by atoms with van der Waals surface area (Å²) in [6.07, 6.45) is 0. The summed E-state index contributed by atoms with van der Waals surface area (Å²) in [4.78, 5) is 2.32. The number of nitrogens with zero attached hydrogens (tertiary/aromatic N) is 1. The Bertz CT molecular complexity index is 262. The zero-order chi connectivity index (χ0) is 8.55. The summed E-state index contributed by atoms with van der Waals surface area (Å²) in [5.74, 6) is 0.729. The second kappa shape index (κ2) is 3.08. The van der Waals surface area contributed by atoms with Crippen LogP contribution in [0.25, 0.3) is 0 Å². The Morgan fingerprint density at radius 2 is 1.83 bits per heavy atom. The van der Waals surface area contributed by atoms with Crippen LogP contribution in [0.5, 0.6) is 0 Å². The Morgan fingerprint density at radius 1 is 1.25 bits per heavy atom. The maximum atomic E-state index is 5.80. The van der Waals surface area contributed by atoms with E-state index in [1.807, 2.05) is 12.1 Å². The Morgan fingerprint density at radius 3 is 2.33 bits per heavy atom. The monoisotopic (exact) mass is 181 g/mol. The Hall–Kier alpha value is -0.530. The third kappa shape index (κ3) is 1.47. The van der Waals surface area contributed by atoms with E-state index in [0.717, 1.165) is 10.9 Å². The fourth-order valence-electron chi connectivity index (χ4n) is 1.64. The minimum absolute atomic E-state index is 0.729. The van der Waals surface area contributed by atoms with Crippen LogP contribution in [-0.4, -0.2) is 25.0 Å². The van der Waals surface area contributed by atoms with Crippen LogP contribution in [0, 0.1) is 0 Å². The van der Waals surface area contributed by atoms with Gasteiger partial charge in [0.2, 0.25) is 0 Å². The molecule has 0 unspecified atom stereocenters. The number of likely N-dealkylation sites (tertiary alicyclic amines) is 1. The maximum Gasteiger partial charge on any atom is 0.0406 e. The van der Waals surface area contributed by atoms with E-state index in [4.69, 9.17) is 11.6 Å². The fourth-order valence-corrected chi connectivity index (χ4v) is 1.77. The highest BCUT2D eigenvalue weighted by Crippen LogP contribution is 2.26. The molecule has 0 aromatic heterocycles. The van der Waals surface area contributed by atoms with E-state index in [0.29, 0.717) is 0 Å². The van der Waals surface area contributed by atoms with Crippen molar-refractivity contribution in [1.29, 1.82) is 0 Å². The van der Waals surface area contributed by atoms with Crippen molar-refractivity contribution in [3.63, 3.8) is 0 Å². The minimum Gasteiger partial charge on any atom is -0.305 e. The van der Waals surface area contributed by atoms with Crippen molar-refractivity contribution in [1.82, 2.24) is 4.90 Å². The molecule has 1 aliphatic heterocycles. The normalized spacial score (nSPS) is 19.2. The van der Waals surface area contributed by atoms with E-state index in [1.54, 1.807) is 0 Å². The first-order valence-electron chi connectivity index (χ1n) is 4.20. The number of benzene rings is 1. The lowest BCUT2D eigenvalue weighted by molar-refractivity contribution is 0.190. The van der Waals surface area contributed by atoms with Gasteiger partial charge in [-0.3, -0.25) is 0 Å². The molecule has 1 nitrogen and oxygen atoms in total. The molecular formula is C10H12ClN. The molecular weight excluding hydrogens is 170 g/mol. The highest BCUT2D eigenvalue weighted by atomic mass is 35.5. The van der Waals surface area contributed by atoms with E-state index in [1.165, 1.54) is 18.7 Å². The van der Waals surface area contributed by atoms with Crippen molar-refractivity contribution in [3.8, 4) is 0 Å². The van der Waals surface area contributed by atoms with Crippen LogP contribution >= 0.6 is 11.6 Å². The molecule has 1 fully saturated rings. The van der Waals surface area contributed by atoms with Crippen molar-refractivity contribution >= 4 is 11.6 Å². The predicted molar refractivity (Wildman–Crippen MR) is 51.7 cm³/mol. The largest absolute Gasteiger partial charge is 0.305 e. The summed E-state index contributed by atoms with van der Waals surface area (Å²) in [6, 6.07) is 8.18. The van der Waals surface area contributed by atoms with Crippen LogP contribution in [0.2, 0.25) is 5.02 Å². The van der Waals surface area contributed by atoms with Crippen LogP contribution in [0.3, 0.4) is 0 Å². The first kappa shape index (κ1) is 8.09. The summed E-state index contributed by atoms with van der Waals surface area (Å²) in [6.45, 7) is 2.36. The van der Waals surface area contributed by atoms with Crippen molar-refractivity contribution in [3.05, 3.63) is 34.9 Å². The van der Waals surface area contributed by atoms with E-state index in [9.17, 15) is 0 Å². The molecule has 12 heavy (non-hydrogen) atoms. The third-order valence-electron chi connectivity index (χ3n) is 2.41. The number of halogens is 1. The smallest absolute Gasteiger partial charge is 0.0406 e. The molecule has 0 atom stereocenters. The highest BCUT2D eigenvalue weighted by molar-refractivity contribution is 6.30. The minimum atomic E-state index is 0.729. The van der Waals surface area contributed by atoms with Crippen LogP contribution in [-0.2, 0) is 0 Å². The van der Waals surface area contributed by atoms with Crippen LogP contribution in [0.1, 0.15) is 11.5 Å². The molecule has 0 saturated carbocycles. The standard InChI is InChI=1S/C10H12ClN/c1-12-6-9(7-12)8-2-4-10(11)5-3-8/h2-5,9H,6-7H2,1H3. The van der Waals surface area contributed by atoms with Crippen molar-refractivity contribution < 1.29 is 0 Å². The summed E-state index contributed by atoms with van der Waals surface area (Å²) in [5, 5.41) is 0.825. The van der Waals surface area contributed by atoms with Crippen LogP contribution < -0.4 is 0 Å². The number of likely N-dealkylation sites (N-methyl/N-ethyl adjacent to an activating group) is 1. The fraction of sp³-hybridized carbons (Fsp3) is 0.400. The molecule has 1 saturated heterocycles. The van der Waals surface area contributed by atoms with Crippen molar-refractivity contribution in [2.24, 2.45) is 0 Å². The van der Waals surface area contributed by atoms with Gasteiger partial charge in [0.25, 0.3) is 0 Å². The maximum absolute atomic E-state index is 5.80. The molecule has 2 rings (SSSR count). The van der Waals surface area contributed by atoms with Gasteiger partial charge in [0.1, 0.15) is 0 Å². The Balaban J connectivity index is 2.09. The summed E-state index contributed by atoms with van der Waals surface area (Å²) >= 11 is 5.80. The van der Waals surface area contributed by atoms with Gasteiger partial charge in [0.05, 0.1) is 0 Å². The molecule has 2 heteroatoms. The molecule has 1 heterocycles. The van der Waals surface area contributed by atoms with Gasteiger partial charge in [-0.2, -0.15) is 0 Å². The SMILES string of the molecule is CN1CC(c2ccc(Cl)cc2)C1. The predicted octanol–water partition coefficient (Wildman–Crippen LogP) is 2.37. The van der Waals surface area contributed by atoms with E-state index < -0.39 is 0 Å². The van der Waals surface area contributed by atoms with Gasteiger partial charge >= 0.3 is 0 Å². The van der Waals surface area contributed by atoms with Gasteiger partial charge in [-0.25, -0.2) is 0 Å². The number of hydrogen-bond acceptors (Lipinski definition) is 1. The molecule has 0 radical (unpaired) electrons. The summed E-state index contributed by atoms with van der Waals surface area (Å²) < 4.78 is 0. The summed E-state index contributed by atoms with van der Waals surface area (Å²) in [7, 11) is 2.15. The molecule has 1 aliphatic rings. The average Bonchev–Trinajstić information content (AvgIpc) is 2.01. The molecule has 0 amide bonds. The van der Waals surface area contributed by atoms with Gasteiger partial charge < -0.3 is 4.90 Å². The van der Waals surface area contributed by atoms with Gasteiger partial charge in [-0.1, -0.05) is 23.7 Å². The molecule has 0 spiro atoms. The Labute approximate surface area is 77.9 Å². The quantitative estimate of drug-likeness (QED) is 0.643. The number of rotatable bonds is 1. The van der Waals surface area contributed by atoms with E-state index in [2.05, 4.69) is 24.1 Å². The number of hydrogen-bond donors (Lipinski definition) is 0. The van der Waals surface area contributed by atoms with Crippen LogP contribution in [0.15, 0.2) is 24.3 Å². The Kier molecular flexibility index (Phi) is 2.07.